The zero-order valence-electron chi connectivity index (χ0n) is 10.7. The highest BCUT2D eigenvalue weighted by molar-refractivity contribution is 7.89. The predicted octanol–water partition coefficient (Wildman–Crippen LogP) is 0.593. The Morgan fingerprint density at radius 2 is 1.83 bits per heavy atom. The Labute approximate surface area is 108 Å². The maximum Gasteiger partial charge on any atom is 0.243 e. The van der Waals surface area contributed by atoms with Crippen LogP contribution in [0.15, 0.2) is 29.2 Å². The minimum absolute atomic E-state index is 0.00805. The number of anilines is 1. The van der Waals surface area contributed by atoms with E-state index in [1.807, 2.05) is 14.0 Å². The van der Waals surface area contributed by atoms with Crippen LogP contribution in [0.3, 0.4) is 0 Å². The Bertz CT molecular complexity index is 513. The standard InChI is InChI=1S/C12H19N3O2S/c1-10-9-14(2)7-8-15(10)18(16,17)12-5-3-11(13)4-6-12/h3-6,10H,7-9,13H2,1-2H3. The smallest absolute Gasteiger partial charge is 0.243 e. The third kappa shape index (κ3) is 2.50. The first kappa shape index (κ1) is 13.3. The third-order valence-electron chi connectivity index (χ3n) is 3.26. The Balaban J connectivity index is 2.28. The molecule has 1 heterocycles. The van der Waals surface area contributed by atoms with E-state index in [-0.39, 0.29) is 6.04 Å². The fraction of sp³-hybridized carbons (Fsp3) is 0.500. The van der Waals surface area contributed by atoms with Gasteiger partial charge in [0.15, 0.2) is 0 Å². The highest BCUT2D eigenvalue weighted by atomic mass is 32.2. The lowest BCUT2D eigenvalue weighted by molar-refractivity contribution is 0.170. The van der Waals surface area contributed by atoms with Gasteiger partial charge in [-0.1, -0.05) is 0 Å². The van der Waals surface area contributed by atoms with Gasteiger partial charge in [-0.15, -0.1) is 0 Å². The molecule has 1 aromatic carbocycles. The van der Waals surface area contributed by atoms with Crippen molar-refractivity contribution in [1.29, 1.82) is 0 Å². The van der Waals surface area contributed by atoms with Crippen molar-refractivity contribution in [2.24, 2.45) is 0 Å². The molecule has 0 aliphatic carbocycles. The largest absolute Gasteiger partial charge is 0.399 e. The van der Waals surface area contributed by atoms with Gasteiger partial charge in [0.05, 0.1) is 4.90 Å². The van der Waals surface area contributed by atoms with Crippen LogP contribution in [0.2, 0.25) is 0 Å². The summed E-state index contributed by atoms with van der Waals surface area (Å²) in [5.41, 5.74) is 6.15. The fourth-order valence-electron chi connectivity index (χ4n) is 2.26. The summed E-state index contributed by atoms with van der Waals surface area (Å²) in [6.07, 6.45) is 0. The lowest BCUT2D eigenvalue weighted by Crippen LogP contribution is -2.52. The van der Waals surface area contributed by atoms with Gasteiger partial charge < -0.3 is 10.6 Å². The van der Waals surface area contributed by atoms with Crippen LogP contribution in [-0.2, 0) is 10.0 Å². The molecule has 1 unspecified atom stereocenters. The van der Waals surface area contributed by atoms with Crippen molar-refractivity contribution in [3.05, 3.63) is 24.3 Å². The molecule has 0 aromatic heterocycles. The second-order valence-corrected chi connectivity index (χ2v) is 6.69. The maximum atomic E-state index is 12.5. The van der Waals surface area contributed by atoms with Crippen LogP contribution in [0.25, 0.3) is 0 Å². The first-order valence-corrected chi connectivity index (χ1v) is 7.41. The van der Waals surface area contributed by atoms with Crippen LogP contribution in [0, 0.1) is 0 Å². The van der Waals surface area contributed by atoms with Gasteiger partial charge >= 0.3 is 0 Å². The minimum Gasteiger partial charge on any atom is -0.399 e. The quantitative estimate of drug-likeness (QED) is 0.798. The summed E-state index contributed by atoms with van der Waals surface area (Å²) in [6.45, 7) is 3.99. The lowest BCUT2D eigenvalue weighted by atomic mass is 10.2. The molecule has 6 heteroatoms. The van der Waals surface area contributed by atoms with E-state index in [2.05, 4.69) is 4.90 Å². The van der Waals surface area contributed by atoms with Gasteiger partial charge in [-0.25, -0.2) is 8.42 Å². The molecular weight excluding hydrogens is 250 g/mol. The first-order valence-electron chi connectivity index (χ1n) is 5.97. The molecule has 1 atom stereocenters. The molecule has 2 N–H and O–H groups in total. The van der Waals surface area contributed by atoms with Crippen LogP contribution in [0.4, 0.5) is 5.69 Å². The number of hydrogen-bond donors (Lipinski definition) is 1. The van der Waals surface area contributed by atoms with Crippen molar-refractivity contribution < 1.29 is 8.42 Å². The highest BCUT2D eigenvalue weighted by Crippen LogP contribution is 2.21. The summed E-state index contributed by atoms with van der Waals surface area (Å²) in [6, 6.07) is 6.36. The molecule has 0 radical (unpaired) electrons. The molecule has 0 spiro atoms. The van der Waals surface area contributed by atoms with Gasteiger partial charge in [-0.3, -0.25) is 0 Å². The van der Waals surface area contributed by atoms with E-state index in [0.29, 0.717) is 17.1 Å². The molecule has 5 nitrogen and oxygen atoms in total. The van der Waals surface area contributed by atoms with Gasteiger partial charge in [-0.2, -0.15) is 4.31 Å². The number of likely N-dealkylation sites (N-methyl/N-ethyl adjacent to an activating group) is 1. The molecule has 0 amide bonds. The molecule has 1 fully saturated rings. The van der Waals surface area contributed by atoms with Gasteiger partial charge in [0.2, 0.25) is 10.0 Å². The van der Waals surface area contributed by atoms with Crippen molar-refractivity contribution in [3.8, 4) is 0 Å². The van der Waals surface area contributed by atoms with E-state index in [4.69, 9.17) is 5.73 Å². The van der Waals surface area contributed by atoms with Crippen molar-refractivity contribution in [3.63, 3.8) is 0 Å². The van der Waals surface area contributed by atoms with E-state index in [9.17, 15) is 8.42 Å². The average molecular weight is 269 g/mol. The number of nitrogens with two attached hydrogens (primary N) is 1. The monoisotopic (exact) mass is 269 g/mol. The lowest BCUT2D eigenvalue weighted by Gasteiger charge is -2.37. The Morgan fingerprint density at radius 3 is 2.39 bits per heavy atom. The number of nitrogens with zero attached hydrogens (tertiary/aromatic N) is 2. The fourth-order valence-corrected chi connectivity index (χ4v) is 3.87. The van der Waals surface area contributed by atoms with Crippen molar-refractivity contribution in [1.82, 2.24) is 9.21 Å². The van der Waals surface area contributed by atoms with Gasteiger partial charge in [0, 0.05) is 31.4 Å². The summed E-state index contributed by atoms with van der Waals surface area (Å²) >= 11 is 0. The molecule has 0 saturated carbocycles. The maximum absolute atomic E-state index is 12.5. The van der Waals surface area contributed by atoms with Crippen LogP contribution >= 0.6 is 0 Å². The molecular formula is C12H19N3O2S. The second kappa shape index (κ2) is 4.87. The number of sulfonamides is 1. The Morgan fingerprint density at radius 1 is 1.22 bits per heavy atom. The number of hydrogen-bond acceptors (Lipinski definition) is 4. The summed E-state index contributed by atoms with van der Waals surface area (Å²) in [5, 5.41) is 0. The van der Waals surface area contributed by atoms with Crippen molar-refractivity contribution >= 4 is 15.7 Å². The summed E-state index contributed by atoms with van der Waals surface area (Å²) in [7, 11) is -1.40. The molecule has 1 aromatic rings. The zero-order chi connectivity index (χ0) is 13.3. The molecule has 1 aliphatic heterocycles. The number of nitrogen functional groups attached to an aromatic ring is 1. The Hall–Kier alpha value is -1.11. The molecule has 100 valence electrons. The topological polar surface area (TPSA) is 66.6 Å². The van der Waals surface area contributed by atoms with Crippen LogP contribution in [0.5, 0.6) is 0 Å². The van der Waals surface area contributed by atoms with Crippen molar-refractivity contribution in [2.75, 3.05) is 32.4 Å². The van der Waals surface area contributed by atoms with Gasteiger partial charge in [0.1, 0.15) is 0 Å². The van der Waals surface area contributed by atoms with E-state index in [1.165, 1.54) is 0 Å². The number of piperazine rings is 1. The molecule has 18 heavy (non-hydrogen) atoms. The SMILES string of the molecule is CC1CN(C)CCN1S(=O)(=O)c1ccc(N)cc1. The van der Waals surface area contributed by atoms with Crippen LogP contribution < -0.4 is 5.73 Å². The molecule has 0 bridgehead atoms. The van der Waals surface area contributed by atoms with E-state index >= 15 is 0 Å². The van der Waals surface area contributed by atoms with E-state index < -0.39 is 10.0 Å². The number of rotatable bonds is 2. The summed E-state index contributed by atoms with van der Waals surface area (Å²) in [5.74, 6) is 0. The summed E-state index contributed by atoms with van der Waals surface area (Å²) < 4.78 is 26.5. The highest BCUT2D eigenvalue weighted by Gasteiger charge is 2.32. The summed E-state index contributed by atoms with van der Waals surface area (Å²) in [4.78, 5) is 2.45. The Kier molecular flexibility index (Phi) is 3.61. The number of benzene rings is 1. The molecule has 2 rings (SSSR count). The average Bonchev–Trinajstić information content (AvgIpc) is 2.29. The molecule has 1 saturated heterocycles. The van der Waals surface area contributed by atoms with E-state index in [1.54, 1.807) is 28.6 Å². The van der Waals surface area contributed by atoms with E-state index in [0.717, 1.165) is 13.1 Å². The minimum atomic E-state index is -3.40. The predicted molar refractivity (Wildman–Crippen MR) is 71.7 cm³/mol. The third-order valence-corrected chi connectivity index (χ3v) is 5.28. The van der Waals surface area contributed by atoms with Gasteiger partial charge in [-0.05, 0) is 38.2 Å². The van der Waals surface area contributed by atoms with Crippen LogP contribution in [0.1, 0.15) is 6.92 Å². The van der Waals surface area contributed by atoms with Gasteiger partial charge in [0.25, 0.3) is 0 Å². The zero-order valence-corrected chi connectivity index (χ0v) is 11.5. The first-order chi connectivity index (χ1) is 8.41. The molecule has 1 aliphatic rings. The second-order valence-electron chi connectivity index (χ2n) is 4.80. The normalized spacial score (nSPS) is 23.1. The van der Waals surface area contributed by atoms with Crippen LogP contribution in [-0.4, -0.2) is 50.3 Å². The van der Waals surface area contributed by atoms with Crippen molar-refractivity contribution in [2.45, 2.75) is 17.9 Å².